The van der Waals surface area contributed by atoms with E-state index < -0.39 is 0 Å². The zero-order chi connectivity index (χ0) is 13.5. The van der Waals surface area contributed by atoms with E-state index in [1.807, 2.05) is 6.07 Å². The van der Waals surface area contributed by atoms with Crippen LogP contribution in [0.4, 0.5) is 0 Å². The Morgan fingerprint density at radius 2 is 1.95 bits per heavy atom. The molecule has 0 amide bonds. The molecular formula is C16H21NO3. The summed E-state index contributed by atoms with van der Waals surface area (Å²) in [5.74, 6) is 2.11. The number of hydrogen-bond donors (Lipinski definition) is 1. The number of hydrogen-bond acceptors (Lipinski definition) is 4. The normalized spacial score (nSPS) is 33.0. The third-order valence-electron chi connectivity index (χ3n) is 4.77. The molecule has 2 bridgehead atoms. The van der Waals surface area contributed by atoms with Gasteiger partial charge in [-0.15, -0.1) is 0 Å². The molecule has 4 atom stereocenters. The quantitative estimate of drug-likeness (QED) is 0.900. The van der Waals surface area contributed by atoms with Gasteiger partial charge in [-0.1, -0.05) is 6.07 Å². The van der Waals surface area contributed by atoms with Gasteiger partial charge < -0.3 is 19.9 Å². The molecule has 3 aliphatic heterocycles. The molecule has 3 heterocycles. The van der Waals surface area contributed by atoms with Gasteiger partial charge in [0.15, 0.2) is 11.5 Å². The lowest BCUT2D eigenvalue weighted by Gasteiger charge is -2.26. The third kappa shape index (κ3) is 2.07. The monoisotopic (exact) mass is 275 g/mol. The van der Waals surface area contributed by atoms with E-state index in [1.165, 1.54) is 6.42 Å². The predicted molar refractivity (Wildman–Crippen MR) is 75.0 cm³/mol. The van der Waals surface area contributed by atoms with Crippen LogP contribution >= 0.6 is 0 Å². The van der Waals surface area contributed by atoms with Gasteiger partial charge in [-0.2, -0.15) is 0 Å². The fourth-order valence-corrected chi connectivity index (χ4v) is 3.69. The highest BCUT2D eigenvalue weighted by Crippen LogP contribution is 2.44. The van der Waals surface area contributed by atoms with E-state index >= 15 is 0 Å². The van der Waals surface area contributed by atoms with E-state index in [2.05, 4.69) is 12.1 Å². The number of nitrogens with two attached hydrogens (primary N) is 1. The van der Waals surface area contributed by atoms with Gasteiger partial charge in [0.05, 0.1) is 25.4 Å². The van der Waals surface area contributed by atoms with Crippen molar-refractivity contribution in [3.63, 3.8) is 0 Å². The zero-order valence-corrected chi connectivity index (χ0v) is 11.6. The summed E-state index contributed by atoms with van der Waals surface area (Å²) in [4.78, 5) is 0. The van der Waals surface area contributed by atoms with Gasteiger partial charge in [-0.05, 0) is 37.0 Å². The van der Waals surface area contributed by atoms with Crippen molar-refractivity contribution in [3.8, 4) is 11.5 Å². The van der Waals surface area contributed by atoms with Crippen molar-refractivity contribution in [2.45, 2.75) is 43.9 Å². The number of fused-ring (bicyclic) bond motifs is 3. The summed E-state index contributed by atoms with van der Waals surface area (Å²) in [6.07, 6.45) is 5.18. The molecule has 2 fully saturated rings. The molecule has 2 N–H and O–H groups in total. The Morgan fingerprint density at radius 1 is 1.10 bits per heavy atom. The fourth-order valence-electron chi connectivity index (χ4n) is 3.69. The van der Waals surface area contributed by atoms with Crippen molar-refractivity contribution in [3.05, 3.63) is 23.8 Å². The second-order valence-corrected chi connectivity index (χ2v) is 6.06. The maximum atomic E-state index is 6.48. The smallest absolute Gasteiger partial charge is 0.161 e. The SMILES string of the molecule is NC(c1ccc2c(c1)OCCCO2)C1CC2CCC1O2. The minimum atomic E-state index is 0.0300. The summed E-state index contributed by atoms with van der Waals surface area (Å²) < 4.78 is 17.3. The predicted octanol–water partition coefficient (Wildman–Crippen LogP) is 2.42. The highest BCUT2D eigenvalue weighted by molar-refractivity contribution is 5.44. The molecule has 20 heavy (non-hydrogen) atoms. The molecule has 0 radical (unpaired) electrons. The van der Waals surface area contributed by atoms with Crippen LogP contribution in [0.1, 0.15) is 37.3 Å². The van der Waals surface area contributed by atoms with Crippen LogP contribution in [0, 0.1) is 5.92 Å². The van der Waals surface area contributed by atoms with Crippen LogP contribution in [0.15, 0.2) is 18.2 Å². The first-order valence-electron chi connectivity index (χ1n) is 7.62. The molecule has 4 rings (SSSR count). The average Bonchev–Trinajstić information content (AvgIpc) is 3.02. The first-order valence-corrected chi connectivity index (χ1v) is 7.62. The highest BCUT2D eigenvalue weighted by atomic mass is 16.5. The molecule has 3 aliphatic rings. The second kappa shape index (κ2) is 4.93. The molecule has 2 saturated heterocycles. The Hall–Kier alpha value is -1.26. The topological polar surface area (TPSA) is 53.7 Å². The molecule has 4 heteroatoms. The average molecular weight is 275 g/mol. The summed E-state index contributed by atoms with van der Waals surface area (Å²) >= 11 is 0. The molecule has 1 aromatic carbocycles. The molecule has 0 spiro atoms. The first kappa shape index (κ1) is 12.5. The van der Waals surface area contributed by atoms with Gasteiger partial charge in [-0.3, -0.25) is 0 Å². The van der Waals surface area contributed by atoms with Gasteiger partial charge in [0.2, 0.25) is 0 Å². The molecule has 0 aliphatic carbocycles. The standard InChI is InChI=1S/C16H21NO3/c17-16(12-9-11-3-5-13(12)20-11)10-2-4-14-15(8-10)19-7-1-6-18-14/h2,4,8,11-13,16H,1,3,5-7,9,17H2. The van der Waals surface area contributed by atoms with Crippen LogP contribution in [0.25, 0.3) is 0 Å². The van der Waals surface area contributed by atoms with Gasteiger partial charge >= 0.3 is 0 Å². The Labute approximate surface area is 119 Å². The maximum Gasteiger partial charge on any atom is 0.161 e. The lowest BCUT2D eigenvalue weighted by molar-refractivity contribution is 0.0884. The van der Waals surface area contributed by atoms with Gasteiger partial charge in [0.1, 0.15) is 0 Å². The molecular weight excluding hydrogens is 254 g/mol. The van der Waals surface area contributed by atoms with Crippen molar-refractivity contribution < 1.29 is 14.2 Å². The van der Waals surface area contributed by atoms with Crippen LogP contribution in [0.2, 0.25) is 0 Å². The van der Waals surface area contributed by atoms with Crippen molar-refractivity contribution in [2.24, 2.45) is 11.7 Å². The molecule has 0 aromatic heterocycles. The van der Waals surface area contributed by atoms with E-state index in [9.17, 15) is 0 Å². The van der Waals surface area contributed by atoms with E-state index in [1.54, 1.807) is 0 Å². The number of ether oxygens (including phenoxy) is 3. The lowest BCUT2D eigenvalue weighted by atomic mass is 9.81. The maximum absolute atomic E-state index is 6.48. The number of benzene rings is 1. The van der Waals surface area contributed by atoms with Crippen LogP contribution in [-0.2, 0) is 4.74 Å². The van der Waals surface area contributed by atoms with E-state index in [0.717, 1.165) is 42.9 Å². The molecule has 108 valence electrons. The Kier molecular flexibility index (Phi) is 3.08. The second-order valence-electron chi connectivity index (χ2n) is 6.06. The summed E-state index contributed by atoms with van der Waals surface area (Å²) in [6, 6.07) is 6.15. The molecule has 1 aromatic rings. The van der Waals surface area contributed by atoms with Crippen molar-refractivity contribution in [1.82, 2.24) is 0 Å². The first-order chi connectivity index (χ1) is 9.81. The summed E-state index contributed by atoms with van der Waals surface area (Å²) in [5, 5.41) is 0. The van der Waals surface area contributed by atoms with Crippen molar-refractivity contribution in [1.29, 1.82) is 0 Å². The largest absolute Gasteiger partial charge is 0.490 e. The van der Waals surface area contributed by atoms with Gasteiger partial charge in [-0.25, -0.2) is 0 Å². The lowest BCUT2D eigenvalue weighted by Crippen LogP contribution is -2.29. The van der Waals surface area contributed by atoms with E-state index in [-0.39, 0.29) is 6.04 Å². The molecule has 0 saturated carbocycles. The van der Waals surface area contributed by atoms with E-state index in [0.29, 0.717) is 24.7 Å². The minimum absolute atomic E-state index is 0.0300. The van der Waals surface area contributed by atoms with Gasteiger partial charge in [0, 0.05) is 18.4 Å². The van der Waals surface area contributed by atoms with Crippen LogP contribution in [0.3, 0.4) is 0 Å². The Morgan fingerprint density at radius 3 is 2.70 bits per heavy atom. The highest BCUT2D eigenvalue weighted by Gasteiger charge is 2.43. The van der Waals surface area contributed by atoms with Crippen LogP contribution < -0.4 is 15.2 Å². The molecule has 4 nitrogen and oxygen atoms in total. The minimum Gasteiger partial charge on any atom is -0.490 e. The Bertz CT molecular complexity index is 504. The van der Waals surface area contributed by atoms with Crippen LogP contribution in [-0.4, -0.2) is 25.4 Å². The van der Waals surface area contributed by atoms with Crippen molar-refractivity contribution in [2.75, 3.05) is 13.2 Å². The number of rotatable bonds is 2. The summed E-state index contributed by atoms with van der Waals surface area (Å²) in [6.45, 7) is 1.43. The van der Waals surface area contributed by atoms with Gasteiger partial charge in [0.25, 0.3) is 0 Å². The third-order valence-corrected chi connectivity index (χ3v) is 4.77. The molecule has 4 unspecified atom stereocenters. The van der Waals surface area contributed by atoms with E-state index in [4.69, 9.17) is 19.9 Å². The summed E-state index contributed by atoms with van der Waals surface area (Å²) in [5.41, 5.74) is 7.62. The Balaban J connectivity index is 1.57. The van der Waals surface area contributed by atoms with Crippen molar-refractivity contribution >= 4 is 0 Å². The zero-order valence-electron chi connectivity index (χ0n) is 11.6. The summed E-state index contributed by atoms with van der Waals surface area (Å²) in [7, 11) is 0. The van der Waals surface area contributed by atoms with Crippen LogP contribution in [0.5, 0.6) is 11.5 Å². The fraction of sp³-hybridized carbons (Fsp3) is 0.625.